The van der Waals surface area contributed by atoms with Crippen LogP contribution in [0.2, 0.25) is 0 Å². The summed E-state index contributed by atoms with van der Waals surface area (Å²) in [6.45, 7) is 0. The van der Waals surface area contributed by atoms with Crippen LogP contribution in [0.3, 0.4) is 0 Å². The van der Waals surface area contributed by atoms with Gasteiger partial charge < -0.3 is 0 Å². The molecule has 3 nitrogen and oxygen atoms in total. The van der Waals surface area contributed by atoms with E-state index in [9.17, 15) is 0 Å². The van der Waals surface area contributed by atoms with Crippen molar-refractivity contribution in [3.63, 3.8) is 0 Å². The molecule has 54 heavy (non-hydrogen) atoms. The van der Waals surface area contributed by atoms with Crippen molar-refractivity contribution in [2.75, 3.05) is 0 Å². The second-order valence-electron chi connectivity index (χ2n) is 13.9. The second kappa shape index (κ2) is 13.5. The van der Waals surface area contributed by atoms with E-state index in [1.807, 2.05) is 0 Å². The lowest BCUT2D eigenvalue weighted by molar-refractivity contribution is 1.05. The first-order chi connectivity index (χ1) is 26.8. The number of aromatic nitrogens is 2. The first-order valence-electron chi connectivity index (χ1n) is 18.6. The fraction of sp³-hybridized carbons (Fsp3) is 0.0392. The van der Waals surface area contributed by atoms with Crippen LogP contribution in [0.5, 0.6) is 0 Å². The molecule has 0 saturated heterocycles. The molecule has 0 aliphatic carbocycles. The Hall–Kier alpha value is -6.97. The van der Waals surface area contributed by atoms with Gasteiger partial charge >= 0.3 is 0 Å². The Morgan fingerprint density at radius 2 is 0.796 bits per heavy atom. The lowest BCUT2D eigenvalue weighted by atomic mass is 9.91. The number of benzene rings is 8. The molecule has 3 heteroatoms. The summed E-state index contributed by atoms with van der Waals surface area (Å²) < 4.78 is 0. The van der Waals surface area contributed by atoms with Gasteiger partial charge in [-0.3, -0.25) is 0 Å². The first-order valence-corrected chi connectivity index (χ1v) is 18.6. The van der Waals surface area contributed by atoms with Gasteiger partial charge in [0.15, 0.2) is 5.82 Å². The summed E-state index contributed by atoms with van der Waals surface area (Å²) in [5.41, 5.74) is 9.13. The fourth-order valence-corrected chi connectivity index (χ4v) is 7.99. The molecule has 254 valence electrons. The average molecular weight is 690 g/mol. The maximum atomic E-state index is 5.55. The Morgan fingerprint density at radius 3 is 1.31 bits per heavy atom. The Kier molecular flexibility index (Phi) is 7.96. The number of nitrogens with zero attached hydrogens (tertiary/aromatic N) is 3. The van der Waals surface area contributed by atoms with Crippen LogP contribution >= 0.6 is 0 Å². The second-order valence-corrected chi connectivity index (χ2v) is 13.9. The Bertz CT molecular complexity index is 2880. The van der Waals surface area contributed by atoms with Crippen LogP contribution in [0.15, 0.2) is 193 Å². The van der Waals surface area contributed by atoms with Crippen molar-refractivity contribution < 1.29 is 0 Å². The van der Waals surface area contributed by atoms with Crippen LogP contribution in [-0.4, -0.2) is 15.7 Å². The molecule has 1 aliphatic rings. The van der Waals surface area contributed by atoms with E-state index >= 15 is 0 Å². The molecule has 8 aromatic carbocycles. The van der Waals surface area contributed by atoms with Crippen molar-refractivity contribution in [1.82, 2.24) is 9.97 Å². The molecule has 0 fully saturated rings. The van der Waals surface area contributed by atoms with Gasteiger partial charge in [0.2, 0.25) is 0 Å². The summed E-state index contributed by atoms with van der Waals surface area (Å²) in [4.78, 5) is 16.3. The molecule has 0 N–H and O–H groups in total. The lowest BCUT2D eigenvalue weighted by Gasteiger charge is -2.17. The van der Waals surface area contributed by atoms with Crippen molar-refractivity contribution in [2.45, 2.75) is 12.8 Å². The summed E-state index contributed by atoms with van der Waals surface area (Å²) in [5, 5.41) is 9.48. The number of aliphatic imine (C=N–C) groups is 1. The normalized spacial score (nSPS) is 14.3. The van der Waals surface area contributed by atoms with E-state index in [0.717, 1.165) is 68.5 Å². The van der Waals surface area contributed by atoms with Crippen LogP contribution in [0, 0.1) is 0 Å². The van der Waals surface area contributed by atoms with Gasteiger partial charge in [-0.05, 0) is 79.2 Å². The van der Waals surface area contributed by atoms with E-state index in [1.165, 1.54) is 38.1 Å². The Balaban J connectivity index is 1.22. The van der Waals surface area contributed by atoms with Gasteiger partial charge in [0.25, 0.3) is 0 Å². The minimum absolute atomic E-state index is 0.614. The van der Waals surface area contributed by atoms with Crippen LogP contribution in [-0.2, 0) is 0 Å². The highest BCUT2D eigenvalue weighted by molar-refractivity contribution is 6.20. The molecule has 0 bridgehead atoms. The number of hydrogen-bond acceptors (Lipinski definition) is 3. The molecule has 0 radical (unpaired) electrons. The number of allylic oxidation sites excluding steroid dienone is 3. The van der Waals surface area contributed by atoms with Crippen LogP contribution < -0.4 is 0 Å². The maximum absolute atomic E-state index is 5.55. The monoisotopic (exact) mass is 689 g/mol. The number of fused-ring (bicyclic) bond motifs is 4. The molecule has 0 saturated carbocycles. The van der Waals surface area contributed by atoms with Crippen molar-refractivity contribution >= 4 is 60.1 Å². The third-order valence-corrected chi connectivity index (χ3v) is 10.6. The molecule has 9 aromatic rings. The summed E-state index contributed by atoms with van der Waals surface area (Å²) >= 11 is 0. The standard InChI is InChI=1S/C51H35N3/c1-5-23-39-34(14-1)18-9-27-43(39)38-22-13-31-47(52-48(32-38)44-28-10-19-35-15-2-6-24-40(35)44)51-53-49(45-29-11-20-36-16-3-7-25-41(36)45)33-50(54-51)46-30-12-21-37-17-4-8-26-42(37)46/h1-12,14-21,23-33H,13,22H2/b38-32+,47-31?,52-48?. The van der Waals surface area contributed by atoms with Gasteiger partial charge in [-0.25, -0.2) is 15.0 Å². The van der Waals surface area contributed by atoms with Crippen molar-refractivity contribution in [3.8, 4) is 22.5 Å². The largest absolute Gasteiger partial charge is 0.245 e. The topological polar surface area (TPSA) is 38.1 Å². The van der Waals surface area contributed by atoms with Gasteiger partial charge in [-0.15, -0.1) is 0 Å². The first kappa shape index (κ1) is 31.7. The molecule has 2 heterocycles. The van der Waals surface area contributed by atoms with Gasteiger partial charge in [-0.1, -0.05) is 176 Å². The molecule has 0 spiro atoms. The van der Waals surface area contributed by atoms with Crippen molar-refractivity contribution in [2.24, 2.45) is 4.99 Å². The molecule has 0 amide bonds. The highest BCUT2D eigenvalue weighted by Crippen LogP contribution is 2.36. The van der Waals surface area contributed by atoms with Crippen LogP contribution in [0.4, 0.5) is 0 Å². The van der Waals surface area contributed by atoms with Crippen molar-refractivity contribution in [1.29, 1.82) is 0 Å². The third kappa shape index (κ3) is 5.77. The molecule has 0 atom stereocenters. The summed E-state index contributed by atoms with van der Waals surface area (Å²) in [6.07, 6.45) is 6.18. The summed E-state index contributed by atoms with van der Waals surface area (Å²) in [5.74, 6) is 0.614. The molecular formula is C51H35N3. The number of hydrogen-bond donors (Lipinski definition) is 0. The summed E-state index contributed by atoms with van der Waals surface area (Å²) in [6, 6.07) is 62.3. The van der Waals surface area contributed by atoms with E-state index in [0.29, 0.717) is 5.82 Å². The van der Waals surface area contributed by atoms with Gasteiger partial charge in [0, 0.05) is 16.7 Å². The molecule has 1 aliphatic heterocycles. The van der Waals surface area contributed by atoms with Gasteiger partial charge in [-0.2, -0.15) is 0 Å². The zero-order chi connectivity index (χ0) is 35.8. The van der Waals surface area contributed by atoms with Gasteiger partial charge in [0.1, 0.15) is 5.70 Å². The average Bonchev–Trinajstić information content (AvgIpc) is 3.23. The van der Waals surface area contributed by atoms with Crippen LogP contribution in [0.1, 0.15) is 29.8 Å². The lowest BCUT2D eigenvalue weighted by Crippen LogP contribution is -2.06. The van der Waals surface area contributed by atoms with E-state index in [2.05, 4.69) is 188 Å². The minimum atomic E-state index is 0.614. The molecular weight excluding hydrogens is 655 g/mol. The third-order valence-electron chi connectivity index (χ3n) is 10.6. The molecule has 0 unspecified atom stereocenters. The Labute approximate surface area is 314 Å². The highest BCUT2D eigenvalue weighted by Gasteiger charge is 2.19. The SMILES string of the molecule is C1=C(c2nc(-c3cccc4ccccc34)cc(-c3cccc4ccccc34)n2)N=C(c2cccc3ccccc23)/C=C(/c2cccc3ccccc23)CC1. The maximum Gasteiger partial charge on any atom is 0.178 e. The minimum Gasteiger partial charge on any atom is -0.245 e. The van der Waals surface area contributed by atoms with Gasteiger partial charge in [0.05, 0.1) is 17.1 Å². The Morgan fingerprint density at radius 1 is 0.389 bits per heavy atom. The van der Waals surface area contributed by atoms with Crippen LogP contribution in [0.25, 0.3) is 76.9 Å². The molecule has 1 aromatic heterocycles. The summed E-state index contributed by atoms with van der Waals surface area (Å²) in [7, 11) is 0. The molecule has 10 rings (SSSR count). The predicted octanol–water partition coefficient (Wildman–Crippen LogP) is 13.1. The van der Waals surface area contributed by atoms with E-state index in [1.54, 1.807) is 0 Å². The smallest absolute Gasteiger partial charge is 0.178 e. The zero-order valence-electron chi connectivity index (χ0n) is 29.7. The van der Waals surface area contributed by atoms with E-state index < -0.39 is 0 Å². The fourth-order valence-electron chi connectivity index (χ4n) is 7.99. The van der Waals surface area contributed by atoms with Crippen molar-refractivity contribution in [3.05, 3.63) is 205 Å². The van der Waals surface area contributed by atoms with E-state index in [-0.39, 0.29) is 0 Å². The van der Waals surface area contributed by atoms with E-state index in [4.69, 9.17) is 15.0 Å². The number of rotatable bonds is 5. The predicted molar refractivity (Wildman–Crippen MR) is 228 cm³/mol. The quantitative estimate of drug-likeness (QED) is 0.180. The highest BCUT2D eigenvalue weighted by atomic mass is 15.0. The zero-order valence-corrected chi connectivity index (χ0v) is 29.7.